The van der Waals surface area contributed by atoms with Gasteiger partial charge in [0.25, 0.3) is 5.89 Å². The number of hydrogen-bond donors (Lipinski definition) is 0. The van der Waals surface area contributed by atoms with Gasteiger partial charge in [0.2, 0.25) is 5.82 Å². The topological polar surface area (TPSA) is 82.0 Å². The maximum absolute atomic E-state index is 12.1. The summed E-state index contributed by atoms with van der Waals surface area (Å²) in [5.41, 5.74) is 0.951. The van der Waals surface area contributed by atoms with Crippen molar-refractivity contribution in [1.82, 2.24) is 15.1 Å². The van der Waals surface area contributed by atoms with Crippen molar-refractivity contribution in [1.29, 1.82) is 0 Å². The molecule has 0 fully saturated rings. The summed E-state index contributed by atoms with van der Waals surface area (Å²) in [6, 6.07) is 12.5. The molecule has 0 saturated carbocycles. The fourth-order valence-corrected chi connectivity index (χ4v) is 2.16. The molecule has 0 aliphatic rings. The van der Waals surface area contributed by atoms with E-state index in [-0.39, 0.29) is 11.5 Å². The molecule has 0 saturated heterocycles. The zero-order valence-corrected chi connectivity index (χ0v) is 11.3. The number of para-hydroxylation sites is 1. The summed E-state index contributed by atoms with van der Waals surface area (Å²) in [6.45, 7) is 0. The van der Waals surface area contributed by atoms with E-state index >= 15 is 0 Å². The summed E-state index contributed by atoms with van der Waals surface area (Å²) in [4.78, 5) is 20.3. The molecular formula is C16H9N3O3. The van der Waals surface area contributed by atoms with Crippen LogP contribution in [0.2, 0.25) is 0 Å². The van der Waals surface area contributed by atoms with Crippen LogP contribution >= 0.6 is 0 Å². The smallest absolute Gasteiger partial charge is 0.349 e. The second kappa shape index (κ2) is 4.92. The Labute approximate surface area is 124 Å². The minimum atomic E-state index is -0.514. The molecule has 0 radical (unpaired) electrons. The molecule has 3 aromatic heterocycles. The summed E-state index contributed by atoms with van der Waals surface area (Å²) in [7, 11) is 0. The maximum Gasteiger partial charge on any atom is 0.349 e. The molecule has 4 aromatic rings. The highest BCUT2D eigenvalue weighted by atomic mass is 16.5. The molecule has 106 valence electrons. The van der Waals surface area contributed by atoms with Crippen LogP contribution in [0.15, 0.2) is 68.6 Å². The molecule has 0 amide bonds. The van der Waals surface area contributed by atoms with Gasteiger partial charge in [-0.15, -0.1) is 0 Å². The summed E-state index contributed by atoms with van der Waals surface area (Å²) < 4.78 is 10.5. The van der Waals surface area contributed by atoms with Gasteiger partial charge in [-0.2, -0.15) is 4.98 Å². The molecule has 0 atom stereocenters. The first-order valence-electron chi connectivity index (χ1n) is 6.59. The minimum Gasteiger partial charge on any atom is -0.422 e. The highest BCUT2D eigenvalue weighted by molar-refractivity contribution is 5.80. The predicted molar refractivity (Wildman–Crippen MR) is 79.0 cm³/mol. The summed E-state index contributed by atoms with van der Waals surface area (Å²) in [5.74, 6) is 0.494. The Bertz CT molecular complexity index is 1010. The first-order valence-corrected chi connectivity index (χ1v) is 6.59. The molecule has 0 spiro atoms. The van der Waals surface area contributed by atoms with Gasteiger partial charge in [0, 0.05) is 23.3 Å². The van der Waals surface area contributed by atoms with E-state index in [1.807, 2.05) is 18.2 Å². The van der Waals surface area contributed by atoms with Crippen molar-refractivity contribution in [2.45, 2.75) is 0 Å². The Kier molecular flexibility index (Phi) is 2.79. The van der Waals surface area contributed by atoms with Gasteiger partial charge in [-0.3, -0.25) is 4.98 Å². The Balaban J connectivity index is 1.84. The Morgan fingerprint density at radius 1 is 1.05 bits per heavy atom. The van der Waals surface area contributed by atoms with Gasteiger partial charge >= 0.3 is 5.63 Å². The standard InChI is InChI=1S/C16H9N3O3/c20-16-12(8-10-4-1-2-6-13(10)21-16)15-18-14(19-22-15)11-5-3-7-17-9-11/h1-9H. The molecule has 4 rings (SSSR count). The van der Waals surface area contributed by atoms with Gasteiger partial charge in [0.05, 0.1) is 0 Å². The van der Waals surface area contributed by atoms with Crippen LogP contribution in [0, 0.1) is 0 Å². The Morgan fingerprint density at radius 2 is 1.95 bits per heavy atom. The fraction of sp³-hybridized carbons (Fsp3) is 0. The van der Waals surface area contributed by atoms with E-state index in [9.17, 15) is 4.79 Å². The van der Waals surface area contributed by atoms with E-state index in [0.29, 0.717) is 17.0 Å². The number of nitrogens with zero attached hydrogens (tertiary/aromatic N) is 3. The largest absolute Gasteiger partial charge is 0.422 e. The van der Waals surface area contributed by atoms with E-state index in [4.69, 9.17) is 8.94 Å². The van der Waals surface area contributed by atoms with Crippen LogP contribution in [0.1, 0.15) is 0 Å². The predicted octanol–water partition coefficient (Wildman–Crippen LogP) is 2.91. The summed E-state index contributed by atoms with van der Waals surface area (Å²) >= 11 is 0. The SMILES string of the molecule is O=c1oc2ccccc2cc1-c1nc(-c2cccnc2)no1. The lowest BCUT2D eigenvalue weighted by Gasteiger charge is -1.97. The summed E-state index contributed by atoms with van der Waals surface area (Å²) in [6.07, 6.45) is 3.28. The molecule has 0 N–H and O–H groups in total. The number of pyridine rings is 1. The average Bonchev–Trinajstić information content (AvgIpc) is 3.05. The average molecular weight is 291 g/mol. The van der Waals surface area contributed by atoms with Crippen molar-refractivity contribution >= 4 is 11.0 Å². The van der Waals surface area contributed by atoms with Gasteiger partial charge in [-0.05, 0) is 24.3 Å². The normalized spacial score (nSPS) is 10.9. The lowest BCUT2D eigenvalue weighted by atomic mass is 10.2. The molecular weight excluding hydrogens is 282 g/mol. The van der Waals surface area contributed by atoms with Crippen molar-refractivity contribution in [3.05, 3.63) is 65.3 Å². The third kappa shape index (κ3) is 2.07. The van der Waals surface area contributed by atoms with E-state index in [2.05, 4.69) is 15.1 Å². The number of fused-ring (bicyclic) bond motifs is 1. The molecule has 0 unspecified atom stereocenters. The van der Waals surface area contributed by atoms with E-state index in [0.717, 1.165) is 5.39 Å². The quantitative estimate of drug-likeness (QED) is 0.528. The third-order valence-electron chi connectivity index (χ3n) is 3.22. The van der Waals surface area contributed by atoms with Crippen LogP contribution in [0.4, 0.5) is 0 Å². The van der Waals surface area contributed by atoms with Gasteiger partial charge in [-0.25, -0.2) is 4.79 Å². The van der Waals surface area contributed by atoms with E-state index in [1.165, 1.54) is 0 Å². The monoisotopic (exact) mass is 291 g/mol. The van der Waals surface area contributed by atoms with Crippen LogP contribution in [0.25, 0.3) is 33.8 Å². The molecule has 6 heteroatoms. The molecule has 22 heavy (non-hydrogen) atoms. The van der Waals surface area contributed by atoms with E-state index < -0.39 is 5.63 Å². The van der Waals surface area contributed by atoms with Crippen molar-refractivity contribution in [3.8, 4) is 22.8 Å². The first-order chi connectivity index (χ1) is 10.8. The van der Waals surface area contributed by atoms with Crippen molar-refractivity contribution in [3.63, 3.8) is 0 Å². The fourth-order valence-electron chi connectivity index (χ4n) is 2.16. The zero-order chi connectivity index (χ0) is 14.9. The number of aromatic nitrogens is 3. The third-order valence-corrected chi connectivity index (χ3v) is 3.22. The highest BCUT2D eigenvalue weighted by Gasteiger charge is 2.15. The van der Waals surface area contributed by atoms with Gasteiger partial charge in [-0.1, -0.05) is 23.4 Å². The lowest BCUT2D eigenvalue weighted by Crippen LogP contribution is -2.02. The van der Waals surface area contributed by atoms with Crippen LogP contribution in [0.5, 0.6) is 0 Å². The second-order valence-corrected chi connectivity index (χ2v) is 4.65. The Hall–Kier alpha value is -3.28. The van der Waals surface area contributed by atoms with Crippen molar-refractivity contribution in [2.24, 2.45) is 0 Å². The maximum atomic E-state index is 12.1. The van der Waals surface area contributed by atoms with Crippen LogP contribution in [-0.4, -0.2) is 15.1 Å². The molecule has 1 aromatic carbocycles. The van der Waals surface area contributed by atoms with Gasteiger partial charge < -0.3 is 8.94 Å². The van der Waals surface area contributed by atoms with Crippen molar-refractivity contribution in [2.75, 3.05) is 0 Å². The van der Waals surface area contributed by atoms with Crippen LogP contribution in [0.3, 0.4) is 0 Å². The van der Waals surface area contributed by atoms with Crippen LogP contribution < -0.4 is 5.63 Å². The minimum absolute atomic E-state index is 0.123. The first kappa shape index (κ1) is 12.5. The molecule has 6 nitrogen and oxygen atoms in total. The second-order valence-electron chi connectivity index (χ2n) is 4.65. The Morgan fingerprint density at radius 3 is 2.82 bits per heavy atom. The van der Waals surface area contributed by atoms with E-state index in [1.54, 1.807) is 36.7 Å². The van der Waals surface area contributed by atoms with Gasteiger partial charge in [0.1, 0.15) is 11.1 Å². The number of benzene rings is 1. The molecule has 3 heterocycles. The summed E-state index contributed by atoms with van der Waals surface area (Å²) in [5, 5.41) is 4.67. The molecule has 0 aliphatic heterocycles. The highest BCUT2D eigenvalue weighted by Crippen LogP contribution is 2.22. The number of rotatable bonds is 2. The van der Waals surface area contributed by atoms with Crippen LogP contribution in [-0.2, 0) is 0 Å². The lowest BCUT2D eigenvalue weighted by molar-refractivity contribution is 0.429. The number of hydrogen-bond acceptors (Lipinski definition) is 6. The molecule has 0 aliphatic carbocycles. The van der Waals surface area contributed by atoms with Gasteiger partial charge in [0.15, 0.2) is 0 Å². The van der Waals surface area contributed by atoms with Crippen molar-refractivity contribution < 1.29 is 8.94 Å². The zero-order valence-electron chi connectivity index (χ0n) is 11.3. The molecule has 0 bridgehead atoms.